The van der Waals surface area contributed by atoms with Gasteiger partial charge in [-0.25, -0.2) is 15.0 Å². The van der Waals surface area contributed by atoms with Crippen LogP contribution in [-0.2, 0) is 0 Å². The summed E-state index contributed by atoms with van der Waals surface area (Å²) < 4.78 is 2.21. The summed E-state index contributed by atoms with van der Waals surface area (Å²) in [5.41, 5.74) is 4.56. The Bertz CT molecular complexity index is 937. The van der Waals surface area contributed by atoms with Gasteiger partial charge in [-0.15, -0.1) is 0 Å². The molecule has 27 heavy (non-hydrogen) atoms. The molecular formula is C21H24ClN5. The fourth-order valence-corrected chi connectivity index (χ4v) is 4.08. The Morgan fingerprint density at radius 1 is 0.963 bits per heavy atom. The molecule has 0 aliphatic carbocycles. The average molecular weight is 382 g/mol. The number of piperidine rings is 1. The summed E-state index contributed by atoms with van der Waals surface area (Å²) in [5.74, 6) is 2.43. The summed E-state index contributed by atoms with van der Waals surface area (Å²) in [5, 5.41) is 0.536. The molecule has 3 aromatic heterocycles. The van der Waals surface area contributed by atoms with E-state index in [9.17, 15) is 0 Å². The van der Waals surface area contributed by atoms with Crippen LogP contribution in [0.4, 0.5) is 5.82 Å². The van der Waals surface area contributed by atoms with Crippen molar-refractivity contribution >= 4 is 17.4 Å². The van der Waals surface area contributed by atoms with Gasteiger partial charge in [0.2, 0.25) is 0 Å². The van der Waals surface area contributed by atoms with Crippen molar-refractivity contribution in [3.05, 3.63) is 64.5 Å². The Morgan fingerprint density at radius 2 is 1.67 bits per heavy atom. The molecule has 140 valence electrons. The molecule has 0 atom stereocenters. The van der Waals surface area contributed by atoms with E-state index in [4.69, 9.17) is 16.6 Å². The zero-order valence-corrected chi connectivity index (χ0v) is 16.7. The van der Waals surface area contributed by atoms with Crippen LogP contribution in [0.3, 0.4) is 0 Å². The van der Waals surface area contributed by atoms with Gasteiger partial charge in [-0.05, 0) is 57.9 Å². The topological polar surface area (TPSA) is 46.8 Å². The van der Waals surface area contributed by atoms with E-state index in [1.54, 1.807) is 6.33 Å². The van der Waals surface area contributed by atoms with Crippen molar-refractivity contribution in [2.24, 2.45) is 0 Å². The van der Waals surface area contributed by atoms with Crippen LogP contribution in [0.25, 0.3) is 5.82 Å². The van der Waals surface area contributed by atoms with E-state index in [-0.39, 0.29) is 0 Å². The minimum Gasteiger partial charge on any atom is -0.356 e. The van der Waals surface area contributed by atoms with Gasteiger partial charge in [-0.2, -0.15) is 0 Å². The number of nitrogens with zero attached hydrogens (tertiary/aromatic N) is 5. The first-order valence-electron chi connectivity index (χ1n) is 9.39. The smallest absolute Gasteiger partial charge is 0.137 e. The standard InChI is InChI=1S/C21H24ClN5/c1-14-7-8-15(2)27(14)19-6-4-5-18(25-19)17-9-11-26(12-10-17)21-16(3)20(22)23-13-24-21/h4-8,13,17H,9-12H2,1-3H3. The van der Waals surface area contributed by atoms with E-state index in [1.807, 2.05) is 6.92 Å². The quantitative estimate of drug-likeness (QED) is 0.621. The van der Waals surface area contributed by atoms with Crippen LogP contribution in [0.2, 0.25) is 5.15 Å². The Morgan fingerprint density at radius 3 is 2.37 bits per heavy atom. The number of halogens is 1. The third-order valence-corrected chi connectivity index (χ3v) is 5.85. The Kier molecular flexibility index (Phi) is 4.87. The molecule has 0 spiro atoms. The number of anilines is 1. The normalized spacial score (nSPS) is 15.3. The second-order valence-electron chi connectivity index (χ2n) is 7.25. The van der Waals surface area contributed by atoms with E-state index in [0.717, 1.165) is 43.1 Å². The molecule has 1 fully saturated rings. The highest BCUT2D eigenvalue weighted by Gasteiger charge is 2.24. The van der Waals surface area contributed by atoms with Gasteiger partial charge in [0.25, 0.3) is 0 Å². The molecule has 0 aromatic carbocycles. The Balaban J connectivity index is 1.52. The number of hydrogen-bond donors (Lipinski definition) is 0. The lowest BCUT2D eigenvalue weighted by molar-refractivity contribution is 0.492. The SMILES string of the molecule is Cc1c(Cl)ncnc1N1CCC(c2cccc(-n3c(C)ccc3C)n2)CC1. The lowest BCUT2D eigenvalue weighted by atomic mass is 9.93. The molecule has 0 bridgehead atoms. The van der Waals surface area contributed by atoms with Crippen molar-refractivity contribution in [2.45, 2.75) is 39.5 Å². The van der Waals surface area contributed by atoms with Gasteiger partial charge in [-0.3, -0.25) is 0 Å². The van der Waals surface area contributed by atoms with Crippen molar-refractivity contribution in [1.29, 1.82) is 0 Å². The van der Waals surface area contributed by atoms with E-state index < -0.39 is 0 Å². The van der Waals surface area contributed by atoms with Crippen LogP contribution < -0.4 is 4.90 Å². The van der Waals surface area contributed by atoms with Gasteiger partial charge < -0.3 is 9.47 Å². The molecule has 4 rings (SSSR count). The predicted molar refractivity (Wildman–Crippen MR) is 109 cm³/mol. The summed E-state index contributed by atoms with van der Waals surface area (Å²) in [7, 11) is 0. The van der Waals surface area contributed by atoms with E-state index in [1.165, 1.54) is 17.1 Å². The number of aromatic nitrogens is 4. The third kappa shape index (κ3) is 3.44. The summed E-state index contributed by atoms with van der Waals surface area (Å²) in [4.78, 5) is 15.8. The molecule has 3 aromatic rings. The van der Waals surface area contributed by atoms with Gasteiger partial charge in [-0.1, -0.05) is 17.7 Å². The fourth-order valence-electron chi connectivity index (χ4n) is 3.95. The highest BCUT2D eigenvalue weighted by molar-refractivity contribution is 6.30. The maximum Gasteiger partial charge on any atom is 0.137 e. The van der Waals surface area contributed by atoms with Crippen LogP contribution in [0.15, 0.2) is 36.7 Å². The van der Waals surface area contributed by atoms with Crippen LogP contribution >= 0.6 is 11.6 Å². The van der Waals surface area contributed by atoms with Gasteiger partial charge in [0.05, 0.1) is 0 Å². The first-order valence-corrected chi connectivity index (χ1v) is 9.76. The monoisotopic (exact) mass is 381 g/mol. The third-order valence-electron chi connectivity index (χ3n) is 5.46. The van der Waals surface area contributed by atoms with E-state index in [0.29, 0.717) is 11.1 Å². The lowest BCUT2D eigenvalue weighted by Crippen LogP contribution is -2.34. The fraction of sp³-hybridized carbons (Fsp3) is 0.381. The van der Waals surface area contributed by atoms with Gasteiger partial charge in [0.1, 0.15) is 23.1 Å². The predicted octanol–water partition coefficient (Wildman–Crippen LogP) is 4.62. The van der Waals surface area contributed by atoms with Gasteiger partial charge in [0, 0.05) is 41.7 Å². The molecule has 1 aliphatic heterocycles. The Labute approximate surface area is 165 Å². The summed E-state index contributed by atoms with van der Waals surface area (Å²) in [6.45, 7) is 8.12. The van der Waals surface area contributed by atoms with Gasteiger partial charge >= 0.3 is 0 Å². The summed E-state index contributed by atoms with van der Waals surface area (Å²) in [6.07, 6.45) is 3.66. The molecule has 5 nitrogen and oxygen atoms in total. The van der Waals surface area contributed by atoms with Gasteiger partial charge in [0.15, 0.2) is 0 Å². The van der Waals surface area contributed by atoms with Crippen molar-refractivity contribution < 1.29 is 0 Å². The highest BCUT2D eigenvalue weighted by Crippen LogP contribution is 2.31. The number of rotatable bonds is 3. The van der Waals surface area contributed by atoms with Crippen molar-refractivity contribution in [2.75, 3.05) is 18.0 Å². The minimum atomic E-state index is 0.468. The average Bonchev–Trinajstić information content (AvgIpc) is 3.02. The second kappa shape index (κ2) is 7.31. The van der Waals surface area contributed by atoms with Crippen molar-refractivity contribution in [3.8, 4) is 5.82 Å². The van der Waals surface area contributed by atoms with Crippen molar-refractivity contribution in [3.63, 3.8) is 0 Å². The first-order chi connectivity index (χ1) is 13.0. The van der Waals surface area contributed by atoms with Crippen LogP contribution in [0, 0.1) is 20.8 Å². The molecule has 0 unspecified atom stereocenters. The summed E-state index contributed by atoms with van der Waals surface area (Å²) >= 11 is 6.16. The lowest BCUT2D eigenvalue weighted by Gasteiger charge is -2.33. The first kappa shape index (κ1) is 18.0. The number of pyridine rings is 1. The van der Waals surface area contributed by atoms with Crippen LogP contribution in [0.5, 0.6) is 0 Å². The molecule has 0 saturated carbocycles. The number of aryl methyl sites for hydroxylation is 2. The second-order valence-corrected chi connectivity index (χ2v) is 7.60. The van der Waals surface area contributed by atoms with Crippen molar-refractivity contribution in [1.82, 2.24) is 19.5 Å². The van der Waals surface area contributed by atoms with Crippen LogP contribution in [0.1, 0.15) is 41.4 Å². The minimum absolute atomic E-state index is 0.468. The summed E-state index contributed by atoms with van der Waals surface area (Å²) in [6, 6.07) is 10.6. The molecule has 1 saturated heterocycles. The largest absolute Gasteiger partial charge is 0.356 e. The molecule has 4 heterocycles. The number of hydrogen-bond acceptors (Lipinski definition) is 4. The maximum atomic E-state index is 6.16. The Hall–Kier alpha value is -2.40. The molecule has 0 N–H and O–H groups in total. The highest BCUT2D eigenvalue weighted by atomic mass is 35.5. The van der Waals surface area contributed by atoms with E-state index in [2.05, 4.69) is 63.6 Å². The zero-order valence-electron chi connectivity index (χ0n) is 16.0. The molecule has 1 aliphatic rings. The molecule has 0 amide bonds. The molecule has 0 radical (unpaired) electrons. The molecule has 6 heteroatoms. The van der Waals surface area contributed by atoms with Crippen LogP contribution in [-0.4, -0.2) is 32.6 Å². The zero-order chi connectivity index (χ0) is 19.0. The molecular weight excluding hydrogens is 358 g/mol. The van der Waals surface area contributed by atoms with E-state index >= 15 is 0 Å². The maximum absolute atomic E-state index is 6.16.